The zero-order valence-electron chi connectivity index (χ0n) is 12.2. The van der Waals surface area contributed by atoms with Crippen LogP contribution < -0.4 is 0 Å². The Bertz CT molecular complexity index is 311. The van der Waals surface area contributed by atoms with Crippen LogP contribution in [0.4, 0.5) is 0 Å². The number of hydrogen-bond donors (Lipinski definition) is 1. The van der Waals surface area contributed by atoms with E-state index in [1.54, 1.807) is 0 Å². The van der Waals surface area contributed by atoms with Crippen molar-refractivity contribution in [1.29, 1.82) is 0 Å². The van der Waals surface area contributed by atoms with E-state index in [0.717, 1.165) is 19.0 Å². The fourth-order valence-corrected chi connectivity index (χ4v) is 3.63. The molecule has 2 fully saturated rings. The van der Waals surface area contributed by atoms with Crippen LogP contribution in [-0.2, 0) is 9.53 Å². The first kappa shape index (κ1) is 14.8. The molecule has 1 aliphatic carbocycles. The highest BCUT2D eigenvalue weighted by molar-refractivity contribution is 5.67. The van der Waals surface area contributed by atoms with E-state index in [1.807, 2.05) is 0 Å². The number of ether oxygens (including phenoxy) is 1. The molecule has 19 heavy (non-hydrogen) atoms. The Morgan fingerprint density at radius 2 is 2.00 bits per heavy atom. The van der Waals surface area contributed by atoms with Gasteiger partial charge in [0.2, 0.25) is 0 Å². The number of aliphatic carboxylic acids is 1. The van der Waals surface area contributed by atoms with Crippen LogP contribution in [0.5, 0.6) is 0 Å². The summed E-state index contributed by atoms with van der Waals surface area (Å²) in [6, 6.07) is 0. The molecular formula is C15H27NO3. The Labute approximate surface area is 116 Å². The molecule has 0 amide bonds. The van der Waals surface area contributed by atoms with E-state index >= 15 is 0 Å². The van der Waals surface area contributed by atoms with Gasteiger partial charge in [-0.25, -0.2) is 0 Å². The van der Waals surface area contributed by atoms with Crippen molar-refractivity contribution in [2.75, 3.05) is 19.7 Å². The molecule has 0 spiro atoms. The molecule has 110 valence electrons. The normalized spacial score (nSPS) is 27.4. The van der Waals surface area contributed by atoms with Crippen LogP contribution in [0.2, 0.25) is 0 Å². The lowest BCUT2D eigenvalue weighted by Crippen LogP contribution is -2.56. The van der Waals surface area contributed by atoms with E-state index < -0.39 is 5.97 Å². The highest BCUT2D eigenvalue weighted by Gasteiger charge is 2.38. The summed E-state index contributed by atoms with van der Waals surface area (Å²) in [5.74, 6) is -0.0212. The van der Waals surface area contributed by atoms with Crippen molar-refractivity contribution in [1.82, 2.24) is 4.90 Å². The van der Waals surface area contributed by atoms with Gasteiger partial charge in [-0.3, -0.25) is 9.69 Å². The van der Waals surface area contributed by atoms with Gasteiger partial charge in [0.15, 0.2) is 0 Å². The topological polar surface area (TPSA) is 49.8 Å². The van der Waals surface area contributed by atoms with Crippen molar-refractivity contribution >= 4 is 5.97 Å². The lowest BCUT2D eigenvalue weighted by atomic mass is 9.75. The van der Waals surface area contributed by atoms with Gasteiger partial charge in [0.05, 0.1) is 19.1 Å². The maximum Gasteiger partial charge on any atom is 0.306 e. The van der Waals surface area contributed by atoms with Crippen LogP contribution in [-0.4, -0.2) is 47.3 Å². The smallest absolute Gasteiger partial charge is 0.306 e. The van der Waals surface area contributed by atoms with E-state index in [-0.39, 0.29) is 18.1 Å². The van der Waals surface area contributed by atoms with Crippen molar-refractivity contribution in [3.8, 4) is 0 Å². The van der Waals surface area contributed by atoms with Gasteiger partial charge in [0, 0.05) is 18.6 Å². The molecule has 4 heteroatoms. The van der Waals surface area contributed by atoms with Crippen LogP contribution in [0.25, 0.3) is 0 Å². The Hall–Kier alpha value is -0.610. The van der Waals surface area contributed by atoms with Gasteiger partial charge in [-0.1, -0.05) is 19.3 Å². The third-order valence-corrected chi connectivity index (χ3v) is 4.96. The van der Waals surface area contributed by atoms with E-state index in [2.05, 4.69) is 18.7 Å². The Morgan fingerprint density at radius 1 is 1.32 bits per heavy atom. The fourth-order valence-electron chi connectivity index (χ4n) is 3.63. The van der Waals surface area contributed by atoms with Gasteiger partial charge in [-0.2, -0.15) is 0 Å². The summed E-state index contributed by atoms with van der Waals surface area (Å²) in [6.07, 6.45) is 6.67. The number of carbonyl (C=O) groups is 1. The van der Waals surface area contributed by atoms with E-state index in [1.165, 1.54) is 32.1 Å². The molecule has 1 unspecified atom stereocenters. The first-order chi connectivity index (χ1) is 9.00. The van der Waals surface area contributed by atoms with E-state index in [0.29, 0.717) is 6.61 Å². The zero-order valence-corrected chi connectivity index (χ0v) is 12.2. The summed E-state index contributed by atoms with van der Waals surface area (Å²) in [5.41, 5.74) is 0.168. The Kier molecular flexibility index (Phi) is 4.85. The number of nitrogens with zero attached hydrogens (tertiary/aromatic N) is 1. The van der Waals surface area contributed by atoms with Crippen molar-refractivity contribution in [3.05, 3.63) is 0 Å². The molecule has 2 aliphatic rings. The minimum Gasteiger partial charge on any atom is -0.481 e. The summed E-state index contributed by atoms with van der Waals surface area (Å²) < 4.78 is 5.58. The third-order valence-electron chi connectivity index (χ3n) is 4.96. The first-order valence-electron chi connectivity index (χ1n) is 7.58. The van der Waals surface area contributed by atoms with E-state index in [9.17, 15) is 4.79 Å². The van der Waals surface area contributed by atoms with Crippen molar-refractivity contribution < 1.29 is 14.6 Å². The number of rotatable bonds is 4. The molecule has 0 aromatic heterocycles. The van der Waals surface area contributed by atoms with Crippen LogP contribution >= 0.6 is 0 Å². The van der Waals surface area contributed by atoms with Gasteiger partial charge >= 0.3 is 5.97 Å². The number of morpholine rings is 1. The minimum absolute atomic E-state index is 0.122. The molecule has 2 rings (SSSR count). The third kappa shape index (κ3) is 3.69. The molecule has 1 aliphatic heterocycles. The average Bonchev–Trinajstić information content (AvgIpc) is 2.39. The van der Waals surface area contributed by atoms with E-state index in [4.69, 9.17) is 9.84 Å². The standard InChI is InChI=1S/C15H27NO3/c1-15(2,12-6-4-3-5-7-12)16-8-9-19-13(11-16)10-14(17)18/h12-13H,3-11H2,1-2H3,(H,17,18). The van der Waals surface area contributed by atoms with Crippen molar-refractivity contribution in [2.45, 2.75) is 64.0 Å². The molecule has 0 radical (unpaired) electrons. The number of hydrogen-bond acceptors (Lipinski definition) is 3. The average molecular weight is 269 g/mol. The summed E-state index contributed by atoms with van der Waals surface area (Å²) in [6.45, 7) is 7.00. The molecule has 0 aromatic carbocycles. The second-order valence-corrected chi connectivity index (χ2v) is 6.53. The highest BCUT2D eigenvalue weighted by Crippen LogP contribution is 2.37. The molecule has 1 N–H and O–H groups in total. The summed E-state index contributed by atoms with van der Waals surface area (Å²) in [4.78, 5) is 13.3. The summed E-state index contributed by atoms with van der Waals surface area (Å²) in [7, 11) is 0. The quantitative estimate of drug-likeness (QED) is 0.852. The molecule has 1 heterocycles. The van der Waals surface area contributed by atoms with Crippen LogP contribution in [0.1, 0.15) is 52.4 Å². The molecule has 1 saturated carbocycles. The molecular weight excluding hydrogens is 242 g/mol. The monoisotopic (exact) mass is 269 g/mol. The van der Waals surface area contributed by atoms with Crippen LogP contribution in [0.3, 0.4) is 0 Å². The number of carboxylic acid groups (broad SMARTS) is 1. The van der Waals surface area contributed by atoms with Gasteiger partial charge in [-0.05, 0) is 32.6 Å². The molecule has 1 atom stereocenters. The maximum atomic E-state index is 10.8. The highest BCUT2D eigenvalue weighted by atomic mass is 16.5. The first-order valence-corrected chi connectivity index (χ1v) is 7.58. The number of carboxylic acids is 1. The SMILES string of the molecule is CC(C)(C1CCCCC1)N1CCOC(CC(=O)O)C1. The minimum atomic E-state index is -0.762. The van der Waals surface area contributed by atoms with Gasteiger partial charge in [-0.15, -0.1) is 0 Å². The molecule has 0 aromatic rings. The van der Waals surface area contributed by atoms with Crippen LogP contribution in [0.15, 0.2) is 0 Å². The molecule has 4 nitrogen and oxygen atoms in total. The Morgan fingerprint density at radius 3 is 2.63 bits per heavy atom. The lowest BCUT2D eigenvalue weighted by molar-refractivity contribution is -0.144. The van der Waals surface area contributed by atoms with Crippen molar-refractivity contribution in [2.24, 2.45) is 5.92 Å². The largest absolute Gasteiger partial charge is 0.481 e. The van der Waals surface area contributed by atoms with Gasteiger partial charge in [0.25, 0.3) is 0 Å². The van der Waals surface area contributed by atoms with Crippen LogP contribution in [0, 0.1) is 5.92 Å². The molecule has 0 bridgehead atoms. The van der Waals surface area contributed by atoms with Gasteiger partial charge < -0.3 is 9.84 Å². The second kappa shape index (κ2) is 6.23. The zero-order chi connectivity index (χ0) is 13.9. The summed E-state index contributed by atoms with van der Waals surface area (Å²) in [5, 5.41) is 8.90. The predicted molar refractivity (Wildman–Crippen MR) is 74.2 cm³/mol. The fraction of sp³-hybridized carbons (Fsp3) is 0.933. The summed E-state index contributed by atoms with van der Waals surface area (Å²) >= 11 is 0. The lowest BCUT2D eigenvalue weighted by Gasteiger charge is -2.48. The van der Waals surface area contributed by atoms with Gasteiger partial charge in [0.1, 0.15) is 0 Å². The second-order valence-electron chi connectivity index (χ2n) is 6.53. The Balaban J connectivity index is 1.96. The molecule has 1 saturated heterocycles. The maximum absolute atomic E-state index is 10.8. The predicted octanol–water partition coefficient (Wildman–Crippen LogP) is 2.52. The van der Waals surface area contributed by atoms with Crippen molar-refractivity contribution in [3.63, 3.8) is 0 Å².